The molecule has 0 heterocycles. The van der Waals surface area contributed by atoms with E-state index in [2.05, 4.69) is 6.58 Å². The molecule has 0 fully saturated rings. The van der Waals surface area contributed by atoms with Gasteiger partial charge in [0.25, 0.3) is 0 Å². The molecule has 0 aliphatic heterocycles. The fourth-order valence-corrected chi connectivity index (χ4v) is 1.23. The summed E-state index contributed by atoms with van der Waals surface area (Å²) in [4.78, 5) is 21.8. The Kier molecular flexibility index (Phi) is 4.88. The number of methoxy groups -OCH3 is 1. The van der Waals surface area contributed by atoms with Crippen LogP contribution in [0, 0.1) is 0 Å². The highest BCUT2D eigenvalue weighted by Crippen LogP contribution is 2.29. The molecule has 0 aliphatic rings. The summed E-state index contributed by atoms with van der Waals surface area (Å²) < 4.78 is 10.2. The highest BCUT2D eigenvalue weighted by atomic mass is 16.6. The maximum atomic E-state index is 11.4. The van der Waals surface area contributed by atoms with E-state index in [-0.39, 0.29) is 11.3 Å². The van der Waals surface area contributed by atoms with Crippen LogP contribution in [-0.4, -0.2) is 24.2 Å². The lowest BCUT2D eigenvalue weighted by Gasteiger charge is -2.09. The minimum absolute atomic E-state index is 0.253. The number of ether oxygens (including phenoxy) is 2. The van der Waals surface area contributed by atoms with Crippen molar-refractivity contribution in [3.63, 3.8) is 0 Å². The number of aliphatic carboxylic acids is 1. The molecule has 0 aliphatic carbocycles. The molecule has 0 bridgehead atoms. The molecular formula is C14H14O5. The topological polar surface area (TPSA) is 72.8 Å². The lowest BCUT2D eigenvalue weighted by molar-refractivity contribution is -0.131. The van der Waals surface area contributed by atoms with Crippen molar-refractivity contribution in [2.45, 2.75) is 6.92 Å². The molecule has 100 valence electrons. The first-order chi connectivity index (χ1) is 8.93. The lowest BCUT2D eigenvalue weighted by atomic mass is 10.2. The van der Waals surface area contributed by atoms with Crippen LogP contribution in [0.2, 0.25) is 0 Å². The number of carboxylic acid groups (broad SMARTS) is 1. The Balaban J connectivity index is 2.99. The smallest absolute Gasteiger partial charge is 0.338 e. The second-order valence-corrected chi connectivity index (χ2v) is 3.75. The molecular weight excluding hydrogens is 248 g/mol. The molecule has 0 amide bonds. The summed E-state index contributed by atoms with van der Waals surface area (Å²) >= 11 is 0. The number of esters is 1. The van der Waals surface area contributed by atoms with E-state index in [1.54, 1.807) is 19.1 Å². The highest BCUT2D eigenvalue weighted by Gasteiger charge is 2.10. The molecule has 0 radical (unpaired) electrons. The number of hydrogen-bond acceptors (Lipinski definition) is 4. The molecule has 0 spiro atoms. The number of benzene rings is 1. The summed E-state index contributed by atoms with van der Waals surface area (Å²) in [5.74, 6) is -1.01. The van der Waals surface area contributed by atoms with Crippen LogP contribution < -0.4 is 9.47 Å². The summed E-state index contributed by atoms with van der Waals surface area (Å²) in [6.45, 7) is 5.02. The van der Waals surface area contributed by atoms with Gasteiger partial charge in [-0.2, -0.15) is 0 Å². The third-order valence-corrected chi connectivity index (χ3v) is 2.16. The van der Waals surface area contributed by atoms with Gasteiger partial charge in [-0.15, -0.1) is 0 Å². The molecule has 0 saturated heterocycles. The van der Waals surface area contributed by atoms with Gasteiger partial charge in [0.05, 0.1) is 7.11 Å². The zero-order valence-corrected chi connectivity index (χ0v) is 10.7. The lowest BCUT2D eigenvalue weighted by Crippen LogP contribution is -2.09. The van der Waals surface area contributed by atoms with E-state index in [1.165, 1.54) is 19.3 Å². The first-order valence-electron chi connectivity index (χ1n) is 5.40. The van der Waals surface area contributed by atoms with Crippen LogP contribution in [0.1, 0.15) is 12.5 Å². The largest absolute Gasteiger partial charge is 0.493 e. The third kappa shape index (κ3) is 4.31. The Morgan fingerprint density at radius 1 is 1.32 bits per heavy atom. The number of carboxylic acids is 1. The third-order valence-electron chi connectivity index (χ3n) is 2.16. The van der Waals surface area contributed by atoms with Crippen molar-refractivity contribution >= 4 is 18.0 Å². The number of carbonyl (C=O) groups excluding carboxylic acids is 1. The average molecular weight is 262 g/mol. The van der Waals surface area contributed by atoms with Gasteiger partial charge in [-0.1, -0.05) is 12.6 Å². The van der Waals surface area contributed by atoms with Crippen LogP contribution in [0.25, 0.3) is 6.08 Å². The Labute approximate surface area is 110 Å². The van der Waals surface area contributed by atoms with E-state index in [0.717, 1.165) is 6.08 Å². The molecule has 0 atom stereocenters. The van der Waals surface area contributed by atoms with Gasteiger partial charge in [-0.05, 0) is 30.7 Å². The van der Waals surface area contributed by atoms with Gasteiger partial charge in [0, 0.05) is 11.6 Å². The number of carbonyl (C=O) groups is 2. The first-order valence-corrected chi connectivity index (χ1v) is 5.40. The second-order valence-electron chi connectivity index (χ2n) is 3.75. The predicted octanol–water partition coefficient (Wildman–Crippen LogP) is 2.27. The molecule has 0 unspecified atom stereocenters. The summed E-state index contributed by atoms with van der Waals surface area (Å²) in [6, 6.07) is 4.71. The van der Waals surface area contributed by atoms with Crippen molar-refractivity contribution in [2.24, 2.45) is 0 Å². The van der Waals surface area contributed by atoms with E-state index < -0.39 is 11.9 Å². The molecule has 1 aromatic rings. The van der Waals surface area contributed by atoms with Crippen molar-refractivity contribution in [1.82, 2.24) is 0 Å². The van der Waals surface area contributed by atoms with Crippen LogP contribution in [0.5, 0.6) is 11.5 Å². The minimum Gasteiger partial charge on any atom is -0.493 e. The summed E-state index contributed by atoms with van der Waals surface area (Å²) in [5, 5.41) is 8.54. The molecule has 5 heteroatoms. The van der Waals surface area contributed by atoms with Gasteiger partial charge >= 0.3 is 11.9 Å². The maximum absolute atomic E-state index is 11.4. The Bertz CT molecular complexity index is 543. The Morgan fingerprint density at radius 3 is 2.53 bits per heavy atom. The zero-order valence-electron chi connectivity index (χ0n) is 10.7. The van der Waals surface area contributed by atoms with Gasteiger partial charge in [-0.25, -0.2) is 9.59 Å². The summed E-state index contributed by atoms with van der Waals surface area (Å²) in [6.07, 6.45) is 2.42. The van der Waals surface area contributed by atoms with Crippen LogP contribution in [-0.2, 0) is 9.59 Å². The Hall–Kier alpha value is -2.56. The highest BCUT2D eigenvalue weighted by molar-refractivity contribution is 5.89. The molecule has 0 saturated carbocycles. The van der Waals surface area contributed by atoms with Crippen molar-refractivity contribution < 1.29 is 24.2 Å². The van der Waals surface area contributed by atoms with Crippen LogP contribution >= 0.6 is 0 Å². The standard InChI is InChI=1S/C14H14O5/c1-9(2)14(17)19-11-6-4-10(5-7-13(15)16)8-12(11)18-3/h4-8H,1H2,2-3H3,(H,15,16)/b7-5+. The zero-order chi connectivity index (χ0) is 14.4. The quantitative estimate of drug-likeness (QED) is 0.500. The number of rotatable bonds is 5. The Morgan fingerprint density at radius 2 is 2.00 bits per heavy atom. The molecule has 0 aromatic heterocycles. The normalized spacial score (nSPS) is 10.2. The van der Waals surface area contributed by atoms with Crippen molar-refractivity contribution in [3.8, 4) is 11.5 Å². The predicted molar refractivity (Wildman–Crippen MR) is 70.1 cm³/mol. The molecule has 1 aromatic carbocycles. The summed E-state index contributed by atoms with van der Waals surface area (Å²) in [5.41, 5.74) is 0.895. The van der Waals surface area contributed by atoms with E-state index in [9.17, 15) is 9.59 Å². The van der Waals surface area contributed by atoms with Crippen molar-refractivity contribution in [3.05, 3.63) is 42.0 Å². The van der Waals surface area contributed by atoms with Gasteiger partial charge in [0.2, 0.25) is 0 Å². The molecule has 19 heavy (non-hydrogen) atoms. The van der Waals surface area contributed by atoms with Crippen LogP contribution in [0.3, 0.4) is 0 Å². The van der Waals surface area contributed by atoms with Crippen molar-refractivity contribution in [1.29, 1.82) is 0 Å². The van der Waals surface area contributed by atoms with Gasteiger partial charge < -0.3 is 14.6 Å². The monoisotopic (exact) mass is 262 g/mol. The number of hydrogen-bond donors (Lipinski definition) is 1. The van der Waals surface area contributed by atoms with E-state index in [1.807, 2.05) is 0 Å². The molecule has 1 N–H and O–H groups in total. The molecule has 1 rings (SSSR count). The van der Waals surface area contributed by atoms with E-state index in [0.29, 0.717) is 11.3 Å². The average Bonchev–Trinajstić information content (AvgIpc) is 2.37. The fraction of sp³-hybridized carbons (Fsp3) is 0.143. The van der Waals surface area contributed by atoms with Crippen LogP contribution in [0.4, 0.5) is 0 Å². The van der Waals surface area contributed by atoms with Gasteiger partial charge in [0.15, 0.2) is 11.5 Å². The summed E-state index contributed by atoms with van der Waals surface area (Å²) in [7, 11) is 1.43. The van der Waals surface area contributed by atoms with Crippen LogP contribution in [0.15, 0.2) is 36.4 Å². The molecule has 5 nitrogen and oxygen atoms in total. The maximum Gasteiger partial charge on any atom is 0.338 e. The SMILES string of the molecule is C=C(C)C(=O)Oc1ccc(/C=C/C(=O)O)cc1OC. The fourth-order valence-electron chi connectivity index (χ4n) is 1.23. The minimum atomic E-state index is -1.04. The van der Waals surface area contributed by atoms with Gasteiger partial charge in [0.1, 0.15) is 0 Å². The first kappa shape index (κ1) is 14.5. The van der Waals surface area contributed by atoms with Crippen molar-refractivity contribution in [2.75, 3.05) is 7.11 Å². The van der Waals surface area contributed by atoms with E-state index in [4.69, 9.17) is 14.6 Å². The second kappa shape index (κ2) is 6.39. The van der Waals surface area contributed by atoms with E-state index >= 15 is 0 Å². The van der Waals surface area contributed by atoms with Gasteiger partial charge in [-0.3, -0.25) is 0 Å².